The van der Waals surface area contributed by atoms with Crippen molar-refractivity contribution < 1.29 is 22.8 Å². The Morgan fingerprint density at radius 3 is 2.31 bits per heavy atom. The molecule has 11 heteroatoms. The summed E-state index contributed by atoms with van der Waals surface area (Å²) in [5, 5.41) is 7.01. The number of nitrogens with two attached hydrogens (primary N) is 1. The van der Waals surface area contributed by atoms with E-state index in [-0.39, 0.29) is 34.6 Å². The van der Waals surface area contributed by atoms with Crippen molar-refractivity contribution in [2.45, 2.75) is 89.6 Å². The van der Waals surface area contributed by atoms with Crippen molar-refractivity contribution in [3.8, 4) is 0 Å². The van der Waals surface area contributed by atoms with Crippen molar-refractivity contribution in [3.63, 3.8) is 0 Å². The molecule has 1 aromatic carbocycles. The van der Waals surface area contributed by atoms with E-state index in [1.165, 1.54) is 19.3 Å². The van der Waals surface area contributed by atoms with Crippen LogP contribution >= 0.6 is 0 Å². The topological polar surface area (TPSA) is 113 Å². The monoisotopic (exact) mass is 508 g/mol. The zero-order chi connectivity index (χ0) is 26.7. The van der Waals surface area contributed by atoms with Gasteiger partial charge in [-0.2, -0.15) is 13.2 Å². The van der Waals surface area contributed by atoms with E-state index in [2.05, 4.69) is 47.1 Å². The third-order valence-corrected chi connectivity index (χ3v) is 6.29. The maximum absolute atomic E-state index is 13.2. The maximum Gasteiger partial charge on any atom is 0.416 e. The Morgan fingerprint density at radius 2 is 1.72 bits per heavy atom. The molecular formula is C25H35F3N6O2. The van der Waals surface area contributed by atoms with Gasteiger partial charge in [-0.15, -0.1) is 0 Å². The van der Waals surface area contributed by atoms with Crippen LogP contribution in [0.5, 0.6) is 0 Å². The van der Waals surface area contributed by atoms with Gasteiger partial charge in [0, 0.05) is 36.5 Å². The SMILES string of the molecule is CC(C)(C)NC1CCC(N2CCC(Nc3ncnc4ccc(C(F)(F)F)cc34)C2=O)CC1.CC(N)=O. The van der Waals surface area contributed by atoms with Crippen LogP contribution in [-0.4, -0.2) is 56.9 Å². The summed E-state index contributed by atoms with van der Waals surface area (Å²) in [6, 6.07) is 3.57. The van der Waals surface area contributed by atoms with E-state index < -0.39 is 17.8 Å². The number of carbonyl (C=O) groups excluding carboxylic acids is 2. The molecule has 4 rings (SSSR count). The summed E-state index contributed by atoms with van der Waals surface area (Å²) in [4.78, 5) is 32.5. The number of halogens is 3. The van der Waals surface area contributed by atoms with E-state index in [1.807, 2.05) is 4.90 Å². The predicted molar refractivity (Wildman–Crippen MR) is 132 cm³/mol. The number of nitrogens with zero attached hydrogens (tertiary/aromatic N) is 3. The molecule has 1 saturated carbocycles. The van der Waals surface area contributed by atoms with Gasteiger partial charge < -0.3 is 21.3 Å². The number of hydrogen-bond acceptors (Lipinski definition) is 6. The van der Waals surface area contributed by atoms with E-state index >= 15 is 0 Å². The highest BCUT2D eigenvalue weighted by Gasteiger charge is 2.38. The Morgan fingerprint density at radius 1 is 1.08 bits per heavy atom. The number of aromatic nitrogens is 2. The molecule has 1 unspecified atom stereocenters. The molecule has 2 aliphatic rings. The average molecular weight is 509 g/mol. The molecule has 0 spiro atoms. The van der Waals surface area contributed by atoms with Crippen LogP contribution in [0.4, 0.5) is 19.0 Å². The highest BCUT2D eigenvalue weighted by atomic mass is 19.4. The number of nitrogens with one attached hydrogen (secondary N) is 2. The summed E-state index contributed by atoms with van der Waals surface area (Å²) < 4.78 is 39.5. The molecule has 2 amide bonds. The van der Waals surface area contributed by atoms with E-state index in [0.29, 0.717) is 24.5 Å². The van der Waals surface area contributed by atoms with Crippen LogP contribution in [-0.2, 0) is 15.8 Å². The standard InChI is InChI=1S/C23H30F3N5O.C2H5NO/c1-22(2,3)30-15-5-7-16(8-6-15)31-11-10-19(21(31)32)29-20-17-12-14(23(24,25)26)4-9-18(17)27-13-28-20;1-2(3)4/h4,9,12-13,15-16,19,30H,5-8,10-11H2,1-3H3,(H,27,28,29);1H3,(H2,3,4). The van der Waals surface area contributed by atoms with Gasteiger partial charge >= 0.3 is 6.18 Å². The van der Waals surface area contributed by atoms with E-state index in [1.54, 1.807) is 0 Å². The number of anilines is 1. The van der Waals surface area contributed by atoms with Crippen molar-refractivity contribution in [3.05, 3.63) is 30.1 Å². The first-order valence-corrected chi connectivity index (χ1v) is 12.2. The quantitative estimate of drug-likeness (QED) is 0.578. The second-order valence-electron chi connectivity index (χ2n) is 10.5. The Labute approximate surface area is 209 Å². The molecule has 1 aliphatic carbocycles. The lowest BCUT2D eigenvalue weighted by atomic mass is 9.89. The van der Waals surface area contributed by atoms with Crippen LogP contribution in [0.25, 0.3) is 10.9 Å². The largest absolute Gasteiger partial charge is 0.416 e. The van der Waals surface area contributed by atoms with Crippen molar-refractivity contribution in [2.24, 2.45) is 5.73 Å². The normalized spacial score (nSPS) is 22.8. The average Bonchev–Trinajstić information content (AvgIpc) is 3.12. The van der Waals surface area contributed by atoms with E-state index in [0.717, 1.165) is 37.8 Å². The number of rotatable bonds is 4. The number of fused-ring (bicyclic) bond motifs is 1. The number of alkyl halides is 3. The molecule has 198 valence electrons. The van der Waals surface area contributed by atoms with Gasteiger partial charge in [-0.25, -0.2) is 9.97 Å². The number of amides is 2. The van der Waals surface area contributed by atoms with Crippen LogP contribution in [0.3, 0.4) is 0 Å². The lowest BCUT2D eigenvalue weighted by Gasteiger charge is -2.37. The Bertz CT molecular complexity index is 1070. The molecule has 36 heavy (non-hydrogen) atoms. The van der Waals surface area contributed by atoms with Gasteiger partial charge in [0.25, 0.3) is 0 Å². The summed E-state index contributed by atoms with van der Waals surface area (Å²) >= 11 is 0. The molecule has 1 aromatic heterocycles. The zero-order valence-electron chi connectivity index (χ0n) is 21.2. The molecule has 1 aliphatic heterocycles. The number of primary amides is 1. The number of hydrogen-bond donors (Lipinski definition) is 3. The van der Waals surface area contributed by atoms with Crippen LogP contribution in [0.2, 0.25) is 0 Å². The molecule has 8 nitrogen and oxygen atoms in total. The minimum atomic E-state index is -4.46. The van der Waals surface area contributed by atoms with Gasteiger partial charge in [-0.3, -0.25) is 9.59 Å². The summed E-state index contributed by atoms with van der Waals surface area (Å²) in [6.07, 6.45) is 1.42. The van der Waals surface area contributed by atoms with Crippen molar-refractivity contribution in [1.82, 2.24) is 20.2 Å². The van der Waals surface area contributed by atoms with Gasteiger partial charge in [0.15, 0.2) is 0 Å². The van der Waals surface area contributed by atoms with Gasteiger partial charge in [-0.05, 0) is 71.1 Å². The minimum Gasteiger partial charge on any atom is -0.370 e. The Hall–Kier alpha value is -2.95. The summed E-state index contributed by atoms with van der Waals surface area (Å²) in [5.74, 6) is -0.0737. The molecule has 1 saturated heterocycles. The molecular weight excluding hydrogens is 473 g/mol. The van der Waals surface area contributed by atoms with Crippen molar-refractivity contribution in [1.29, 1.82) is 0 Å². The molecule has 0 bridgehead atoms. The molecule has 1 atom stereocenters. The molecule has 2 fully saturated rings. The van der Waals surface area contributed by atoms with E-state index in [4.69, 9.17) is 0 Å². The third-order valence-electron chi connectivity index (χ3n) is 6.29. The zero-order valence-corrected chi connectivity index (χ0v) is 21.2. The van der Waals surface area contributed by atoms with Crippen LogP contribution in [0.1, 0.15) is 65.4 Å². The van der Waals surface area contributed by atoms with Crippen molar-refractivity contribution >= 4 is 28.5 Å². The molecule has 2 heterocycles. The fourth-order valence-corrected chi connectivity index (χ4v) is 4.86. The Kier molecular flexibility index (Phi) is 8.43. The lowest BCUT2D eigenvalue weighted by molar-refractivity contribution is -0.137. The van der Waals surface area contributed by atoms with Crippen LogP contribution < -0.4 is 16.4 Å². The highest BCUT2D eigenvalue weighted by molar-refractivity contribution is 5.93. The fourth-order valence-electron chi connectivity index (χ4n) is 4.86. The van der Waals surface area contributed by atoms with Gasteiger partial charge in [0.1, 0.15) is 18.2 Å². The van der Waals surface area contributed by atoms with Gasteiger partial charge in [0.05, 0.1) is 11.1 Å². The van der Waals surface area contributed by atoms with Crippen LogP contribution in [0, 0.1) is 0 Å². The van der Waals surface area contributed by atoms with Gasteiger partial charge in [0.2, 0.25) is 11.8 Å². The minimum absolute atomic E-state index is 0.00373. The molecule has 2 aromatic rings. The van der Waals surface area contributed by atoms with E-state index in [9.17, 15) is 22.8 Å². The molecule has 4 N–H and O–H groups in total. The molecule has 0 radical (unpaired) electrons. The second kappa shape index (κ2) is 11.0. The number of carbonyl (C=O) groups is 2. The maximum atomic E-state index is 13.2. The van der Waals surface area contributed by atoms with Gasteiger partial charge in [-0.1, -0.05) is 0 Å². The third kappa shape index (κ3) is 7.28. The smallest absolute Gasteiger partial charge is 0.370 e. The Balaban J connectivity index is 0.000000840. The first-order valence-electron chi connectivity index (χ1n) is 12.2. The second-order valence-corrected chi connectivity index (χ2v) is 10.5. The highest BCUT2D eigenvalue weighted by Crippen LogP contribution is 2.33. The first kappa shape index (κ1) is 27.6. The fraction of sp³-hybridized carbons (Fsp3) is 0.600. The predicted octanol–water partition coefficient (Wildman–Crippen LogP) is 3.85. The summed E-state index contributed by atoms with van der Waals surface area (Å²) in [7, 11) is 0. The summed E-state index contributed by atoms with van der Waals surface area (Å²) in [6.45, 7) is 8.44. The van der Waals surface area contributed by atoms with Crippen molar-refractivity contribution in [2.75, 3.05) is 11.9 Å². The number of likely N-dealkylation sites (tertiary alicyclic amines) is 1. The van der Waals surface area contributed by atoms with Crippen LogP contribution in [0.15, 0.2) is 24.5 Å². The summed E-state index contributed by atoms with van der Waals surface area (Å²) in [5.41, 5.74) is 4.19. The number of benzene rings is 1. The lowest BCUT2D eigenvalue weighted by Crippen LogP contribution is -2.49. The first-order chi connectivity index (χ1) is 16.7.